The number of oxazole rings is 1. The number of carbonyl (C=O) groups excluding carboxylic acids is 1. The van der Waals surface area contributed by atoms with Gasteiger partial charge in [0.1, 0.15) is 17.9 Å². The maximum absolute atomic E-state index is 13.0. The molecule has 0 amide bonds. The minimum Gasteiger partial charge on any atom is -0.408 e. The molecule has 1 aliphatic rings. The summed E-state index contributed by atoms with van der Waals surface area (Å²) >= 11 is 0. The summed E-state index contributed by atoms with van der Waals surface area (Å²) < 4.78 is 30.6. The number of nitrogens with zero attached hydrogens (tertiary/aromatic N) is 1. The van der Waals surface area contributed by atoms with Crippen molar-refractivity contribution in [3.05, 3.63) is 105 Å². The van der Waals surface area contributed by atoms with Crippen molar-refractivity contribution in [2.45, 2.75) is 70.3 Å². The molecule has 212 valence electrons. The molecule has 40 heavy (non-hydrogen) atoms. The summed E-state index contributed by atoms with van der Waals surface area (Å²) in [6.07, 6.45) is 8.84. The molecule has 5 rings (SSSR count). The third-order valence-electron chi connectivity index (χ3n) is 7.92. The van der Waals surface area contributed by atoms with E-state index in [0.29, 0.717) is 30.4 Å². The van der Waals surface area contributed by atoms with Crippen LogP contribution in [0.3, 0.4) is 0 Å². The van der Waals surface area contributed by atoms with Crippen LogP contribution in [0.5, 0.6) is 0 Å². The molecule has 5 nitrogen and oxygen atoms in total. The molecule has 0 saturated heterocycles. The van der Waals surface area contributed by atoms with Crippen molar-refractivity contribution >= 4 is 17.4 Å². The number of hydrogen-bond acceptors (Lipinski definition) is 4. The molecule has 4 aromatic rings. The highest BCUT2D eigenvalue weighted by atomic mass is 19.1. The SMILES string of the molecule is Cc1cc2[nH]c(=O)oc2cc1C1CCC(N(C)CCCc2ccc(F)cc2)CC1.O=CCCc1ccc(F)cc1. The van der Waals surface area contributed by atoms with Gasteiger partial charge < -0.3 is 14.1 Å². The van der Waals surface area contributed by atoms with Crippen LogP contribution in [0.15, 0.2) is 69.9 Å². The zero-order valence-corrected chi connectivity index (χ0v) is 23.3. The fourth-order valence-electron chi connectivity index (χ4n) is 5.63. The van der Waals surface area contributed by atoms with Gasteiger partial charge in [0.25, 0.3) is 0 Å². The second kappa shape index (κ2) is 14.2. The molecular weight excluding hydrogens is 510 g/mol. The standard InChI is InChI=1S/C24H29FN2O2.C9H9FO/c1-16-14-22-23(29-24(28)26-22)15-21(16)18-7-11-20(12-8-18)27(2)13-3-4-17-5-9-19(25)10-6-17;10-9-5-3-8(4-6-9)2-1-7-11/h5-6,9-10,14-15,18,20H,3-4,7-8,11-13H2,1-2H3,(H,26,28);3-7H,1-2H2. The normalized spacial score (nSPS) is 17.0. The predicted molar refractivity (Wildman–Crippen MR) is 155 cm³/mol. The predicted octanol–water partition coefficient (Wildman–Crippen LogP) is 7.12. The molecule has 0 atom stereocenters. The molecule has 0 radical (unpaired) electrons. The molecule has 1 aliphatic carbocycles. The van der Waals surface area contributed by atoms with Crippen LogP contribution in [0.25, 0.3) is 11.1 Å². The monoisotopic (exact) mass is 548 g/mol. The van der Waals surface area contributed by atoms with E-state index in [1.54, 1.807) is 12.1 Å². The van der Waals surface area contributed by atoms with E-state index in [2.05, 4.69) is 29.9 Å². The van der Waals surface area contributed by atoms with Crippen LogP contribution < -0.4 is 5.76 Å². The Morgan fingerprint density at radius 2 is 1.52 bits per heavy atom. The number of hydrogen-bond donors (Lipinski definition) is 1. The molecule has 1 N–H and O–H groups in total. The quantitative estimate of drug-likeness (QED) is 0.226. The summed E-state index contributed by atoms with van der Waals surface area (Å²) in [5.41, 5.74) is 6.19. The molecule has 1 aromatic heterocycles. The Morgan fingerprint density at radius 3 is 2.12 bits per heavy atom. The maximum atomic E-state index is 13.0. The zero-order chi connectivity index (χ0) is 28.5. The molecule has 7 heteroatoms. The number of benzene rings is 3. The van der Waals surface area contributed by atoms with Crippen molar-refractivity contribution in [3.63, 3.8) is 0 Å². The van der Waals surface area contributed by atoms with Crippen LogP contribution in [0.4, 0.5) is 8.78 Å². The van der Waals surface area contributed by atoms with Crippen molar-refractivity contribution in [3.8, 4) is 0 Å². The fraction of sp³-hybridized carbons (Fsp3) is 0.394. The summed E-state index contributed by atoms with van der Waals surface area (Å²) in [6.45, 7) is 3.18. The van der Waals surface area contributed by atoms with Crippen molar-refractivity contribution in [1.29, 1.82) is 0 Å². The average Bonchev–Trinajstić information content (AvgIpc) is 3.32. The first-order valence-corrected chi connectivity index (χ1v) is 14.1. The van der Waals surface area contributed by atoms with Gasteiger partial charge in [0.15, 0.2) is 5.58 Å². The number of aromatic amines is 1. The van der Waals surface area contributed by atoms with Crippen LogP contribution in [0.2, 0.25) is 0 Å². The Bertz CT molecular complexity index is 1420. The van der Waals surface area contributed by atoms with E-state index in [1.165, 1.54) is 53.8 Å². The molecule has 0 aliphatic heterocycles. The Morgan fingerprint density at radius 1 is 0.925 bits per heavy atom. The minimum atomic E-state index is -0.387. The van der Waals surface area contributed by atoms with Gasteiger partial charge in [-0.05, 0) is 130 Å². The molecule has 0 bridgehead atoms. The number of aromatic nitrogens is 1. The van der Waals surface area contributed by atoms with Crippen LogP contribution in [-0.2, 0) is 17.6 Å². The maximum Gasteiger partial charge on any atom is 0.417 e. The first kappa shape index (κ1) is 29.4. The number of carbonyl (C=O) groups is 1. The van der Waals surface area contributed by atoms with E-state index >= 15 is 0 Å². The summed E-state index contributed by atoms with van der Waals surface area (Å²) in [6, 6.07) is 17.7. The lowest BCUT2D eigenvalue weighted by atomic mass is 9.79. The van der Waals surface area contributed by atoms with Crippen molar-refractivity contribution in [1.82, 2.24) is 9.88 Å². The van der Waals surface area contributed by atoms with E-state index in [4.69, 9.17) is 4.42 Å². The largest absolute Gasteiger partial charge is 0.417 e. The van der Waals surface area contributed by atoms with Crippen LogP contribution >= 0.6 is 0 Å². The van der Waals surface area contributed by atoms with Crippen LogP contribution in [-0.4, -0.2) is 35.8 Å². The first-order valence-electron chi connectivity index (χ1n) is 14.1. The second-order valence-electron chi connectivity index (χ2n) is 10.8. The Labute approximate surface area is 234 Å². The Kier molecular flexibility index (Phi) is 10.4. The molecule has 1 heterocycles. The van der Waals surface area contributed by atoms with Gasteiger partial charge in [-0.1, -0.05) is 24.3 Å². The van der Waals surface area contributed by atoms with Gasteiger partial charge in [-0.2, -0.15) is 0 Å². The summed E-state index contributed by atoms with van der Waals surface area (Å²) in [5.74, 6) is -0.262. The first-order chi connectivity index (χ1) is 19.3. The Hall–Kier alpha value is -3.58. The number of aldehydes is 1. The second-order valence-corrected chi connectivity index (χ2v) is 10.8. The minimum absolute atomic E-state index is 0.171. The highest BCUT2D eigenvalue weighted by Gasteiger charge is 2.26. The van der Waals surface area contributed by atoms with Gasteiger partial charge >= 0.3 is 5.76 Å². The molecular formula is C33H38F2N2O3. The topological polar surface area (TPSA) is 66.3 Å². The average molecular weight is 549 g/mol. The third-order valence-corrected chi connectivity index (χ3v) is 7.92. The van der Waals surface area contributed by atoms with Gasteiger partial charge in [0, 0.05) is 12.5 Å². The molecule has 1 saturated carbocycles. The number of halogens is 2. The number of aryl methyl sites for hydroxylation is 3. The molecule has 1 fully saturated rings. The van der Waals surface area contributed by atoms with Crippen molar-refractivity contribution < 1.29 is 18.0 Å². The van der Waals surface area contributed by atoms with Gasteiger partial charge in [-0.25, -0.2) is 13.6 Å². The smallest absolute Gasteiger partial charge is 0.408 e. The zero-order valence-electron chi connectivity index (χ0n) is 23.3. The number of nitrogens with one attached hydrogen (secondary N) is 1. The van der Waals surface area contributed by atoms with Gasteiger partial charge in [-0.15, -0.1) is 0 Å². The summed E-state index contributed by atoms with van der Waals surface area (Å²) in [7, 11) is 2.22. The summed E-state index contributed by atoms with van der Waals surface area (Å²) in [5, 5.41) is 0. The lowest BCUT2D eigenvalue weighted by Gasteiger charge is -2.35. The van der Waals surface area contributed by atoms with E-state index < -0.39 is 0 Å². The Balaban J connectivity index is 0.000000283. The highest BCUT2D eigenvalue weighted by molar-refractivity contribution is 5.74. The van der Waals surface area contributed by atoms with Crippen LogP contribution in [0, 0.1) is 18.6 Å². The van der Waals surface area contributed by atoms with Crippen molar-refractivity contribution in [2.75, 3.05) is 13.6 Å². The molecule has 0 spiro atoms. The van der Waals surface area contributed by atoms with Gasteiger partial charge in [0.05, 0.1) is 5.52 Å². The van der Waals surface area contributed by atoms with Gasteiger partial charge in [-0.3, -0.25) is 4.98 Å². The van der Waals surface area contributed by atoms with E-state index in [1.807, 2.05) is 18.2 Å². The summed E-state index contributed by atoms with van der Waals surface area (Å²) in [4.78, 5) is 26.6. The highest BCUT2D eigenvalue weighted by Crippen LogP contribution is 2.37. The van der Waals surface area contributed by atoms with E-state index in [-0.39, 0.29) is 17.4 Å². The van der Waals surface area contributed by atoms with E-state index in [9.17, 15) is 18.4 Å². The fourth-order valence-corrected chi connectivity index (χ4v) is 5.63. The van der Waals surface area contributed by atoms with E-state index in [0.717, 1.165) is 49.6 Å². The lowest BCUT2D eigenvalue weighted by Crippen LogP contribution is -2.35. The van der Waals surface area contributed by atoms with Crippen LogP contribution in [0.1, 0.15) is 66.7 Å². The number of fused-ring (bicyclic) bond motifs is 1. The lowest BCUT2D eigenvalue weighted by molar-refractivity contribution is -0.107. The van der Waals surface area contributed by atoms with Crippen molar-refractivity contribution in [2.24, 2.45) is 0 Å². The number of H-pyrrole nitrogens is 1. The third kappa shape index (κ3) is 8.21. The molecule has 3 aromatic carbocycles. The van der Waals surface area contributed by atoms with Gasteiger partial charge in [0.2, 0.25) is 0 Å². The number of rotatable bonds is 9. The molecule has 0 unspecified atom stereocenters.